The van der Waals surface area contributed by atoms with Crippen molar-refractivity contribution in [2.75, 3.05) is 44.1 Å². The third kappa shape index (κ3) is 5.20. The first-order chi connectivity index (χ1) is 15.3. The summed E-state index contributed by atoms with van der Waals surface area (Å²) in [7, 11) is 1.49. The molecule has 0 saturated heterocycles. The topological polar surface area (TPSA) is 129 Å². The normalized spacial score (nSPS) is 13.0. The van der Waals surface area contributed by atoms with E-state index in [1.807, 2.05) is 13.8 Å². The highest BCUT2D eigenvalue weighted by Gasteiger charge is 2.23. The average Bonchev–Trinajstić information content (AvgIpc) is 2.76. The number of benzene rings is 1. The van der Waals surface area contributed by atoms with Crippen molar-refractivity contribution in [2.45, 2.75) is 20.4 Å². The quantitative estimate of drug-likeness (QED) is 0.586. The molecule has 1 amide bonds. The second kappa shape index (κ2) is 10.2. The highest BCUT2D eigenvalue weighted by molar-refractivity contribution is 6.05. The molecule has 1 aromatic carbocycles. The molecule has 10 nitrogen and oxygen atoms in total. The Kier molecular flexibility index (Phi) is 7.37. The van der Waals surface area contributed by atoms with Crippen molar-refractivity contribution >= 4 is 23.5 Å². The number of carbonyl (C=O) groups is 1. The second-order valence-corrected chi connectivity index (χ2v) is 7.72. The van der Waals surface area contributed by atoms with Crippen molar-refractivity contribution in [3.8, 4) is 11.5 Å². The first kappa shape index (κ1) is 23.1. The number of ether oxygens (including phenoxy) is 3. The van der Waals surface area contributed by atoms with Gasteiger partial charge in [0.1, 0.15) is 19.0 Å². The first-order valence-corrected chi connectivity index (χ1v) is 10.3. The minimum Gasteiger partial charge on any atom is -0.486 e. The summed E-state index contributed by atoms with van der Waals surface area (Å²) in [6.45, 7) is 5.33. The number of fused-ring (bicyclic) bond motifs is 1. The number of aromatic amines is 1. The van der Waals surface area contributed by atoms with Crippen LogP contribution in [0, 0.1) is 5.92 Å². The molecule has 1 aliphatic rings. The Morgan fingerprint density at radius 1 is 1.28 bits per heavy atom. The van der Waals surface area contributed by atoms with Crippen molar-refractivity contribution in [3.05, 3.63) is 50.7 Å². The molecular formula is C22H28N4O6. The monoisotopic (exact) mass is 444 g/mol. The minimum atomic E-state index is -0.732. The molecule has 172 valence electrons. The van der Waals surface area contributed by atoms with Crippen molar-refractivity contribution in [2.24, 2.45) is 5.92 Å². The highest BCUT2D eigenvalue weighted by Crippen LogP contribution is 2.31. The van der Waals surface area contributed by atoms with Gasteiger partial charge < -0.3 is 19.9 Å². The lowest BCUT2D eigenvalue weighted by Gasteiger charge is -2.23. The second-order valence-electron chi connectivity index (χ2n) is 7.72. The van der Waals surface area contributed by atoms with Gasteiger partial charge in [-0.15, -0.1) is 0 Å². The number of H-pyrrole nitrogens is 1. The summed E-state index contributed by atoms with van der Waals surface area (Å²) in [5, 5.41) is 0. The van der Waals surface area contributed by atoms with Gasteiger partial charge in [-0.05, 0) is 29.7 Å². The molecule has 0 unspecified atom stereocenters. The number of amides is 1. The van der Waals surface area contributed by atoms with E-state index in [9.17, 15) is 14.4 Å². The molecule has 2 heterocycles. The van der Waals surface area contributed by atoms with Gasteiger partial charge in [0.2, 0.25) is 0 Å². The number of aromatic nitrogens is 2. The van der Waals surface area contributed by atoms with Gasteiger partial charge in [0, 0.05) is 26.3 Å². The molecule has 0 fully saturated rings. The SMILES string of the molecule is COCCN(C(=O)/C=C/c1ccc2c(c1)OCCO2)c1c(N)n(CC(C)C)c(=O)[nH]c1=O. The van der Waals surface area contributed by atoms with E-state index in [1.54, 1.807) is 24.3 Å². The van der Waals surface area contributed by atoms with Gasteiger partial charge in [0.25, 0.3) is 11.5 Å². The number of nitrogens with two attached hydrogens (primary N) is 1. The lowest BCUT2D eigenvalue weighted by atomic mass is 10.1. The fraction of sp³-hybridized carbons (Fsp3) is 0.409. The maximum absolute atomic E-state index is 13.1. The number of nitrogen functional groups attached to an aromatic ring is 1. The van der Waals surface area contributed by atoms with Crippen molar-refractivity contribution in [1.29, 1.82) is 0 Å². The van der Waals surface area contributed by atoms with E-state index >= 15 is 0 Å². The molecule has 3 N–H and O–H groups in total. The van der Waals surface area contributed by atoms with Crippen LogP contribution in [0.25, 0.3) is 6.08 Å². The predicted molar refractivity (Wildman–Crippen MR) is 121 cm³/mol. The summed E-state index contributed by atoms with van der Waals surface area (Å²) >= 11 is 0. The van der Waals surface area contributed by atoms with Gasteiger partial charge in [-0.2, -0.15) is 0 Å². The van der Waals surface area contributed by atoms with Crippen LogP contribution in [0.4, 0.5) is 11.5 Å². The van der Waals surface area contributed by atoms with Crippen LogP contribution >= 0.6 is 0 Å². The summed E-state index contributed by atoms with van der Waals surface area (Å²) in [5.41, 5.74) is 5.47. The van der Waals surface area contributed by atoms with Gasteiger partial charge in [-0.1, -0.05) is 19.9 Å². The van der Waals surface area contributed by atoms with Crippen LogP contribution in [0.1, 0.15) is 19.4 Å². The zero-order valence-corrected chi connectivity index (χ0v) is 18.4. The lowest BCUT2D eigenvalue weighted by molar-refractivity contribution is -0.114. The number of nitrogens with zero attached hydrogens (tertiary/aromatic N) is 2. The van der Waals surface area contributed by atoms with Crippen LogP contribution in [-0.4, -0.2) is 48.9 Å². The largest absolute Gasteiger partial charge is 0.486 e. The highest BCUT2D eigenvalue weighted by atomic mass is 16.6. The summed E-state index contributed by atoms with van der Waals surface area (Å²) in [6.07, 6.45) is 2.94. The summed E-state index contributed by atoms with van der Waals surface area (Å²) in [4.78, 5) is 41.4. The zero-order valence-electron chi connectivity index (χ0n) is 18.4. The predicted octanol–water partition coefficient (Wildman–Crippen LogP) is 1.24. The summed E-state index contributed by atoms with van der Waals surface area (Å²) in [5.74, 6) is 0.803. The van der Waals surface area contributed by atoms with Crippen molar-refractivity contribution in [1.82, 2.24) is 9.55 Å². The van der Waals surface area contributed by atoms with E-state index in [2.05, 4.69) is 4.98 Å². The Labute approximate surface area is 185 Å². The molecule has 1 aliphatic heterocycles. The molecule has 2 aromatic rings. The van der Waals surface area contributed by atoms with Crippen LogP contribution in [-0.2, 0) is 16.1 Å². The first-order valence-electron chi connectivity index (χ1n) is 10.3. The van der Waals surface area contributed by atoms with Gasteiger partial charge in [0.15, 0.2) is 17.2 Å². The molecule has 0 saturated carbocycles. The average molecular weight is 444 g/mol. The number of nitrogens with one attached hydrogen (secondary N) is 1. The Hall–Kier alpha value is -3.53. The van der Waals surface area contributed by atoms with Crippen molar-refractivity contribution in [3.63, 3.8) is 0 Å². The smallest absolute Gasteiger partial charge is 0.330 e. The van der Waals surface area contributed by atoms with Crippen LogP contribution in [0.2, 0.25) is 0 Å². The number of rotatable bonds is 8. The van der Waals surface area contributed by atoms with Gasteiger partial charge in [-0.3, -0.25) is 24.0 Å². The maximum atomic E-state index is 13.1. The maximum Gasteiger partial charge on any atom is 0.330 e. The molecule has 1 aromatic heterocycles. The van der Waals surface area contributed by atoms with E-state index in [0.29, 0.717) is 31.3 Å². The van der Waals surface area contributed by atoms with E-state index in [1.165, 1.54) is 22.7 Å². The molecule has 0 aliphatic carbocycles. The lowest BCUT2D eigenvalue weighted by Crippen LogP contribution is -2.42. The molecule has 32 heavy (non-hydrogen) atoms. The van der Waals surface area contributed by atoms with Crippen LogP contribution < -0.4 is 31.4 Å². The van der Waals surface area contributed by atoms with Gasteiger partial charge >= 0.3 is 5.69 Å². The van der Waals surface area contributed by atoms with Crippen molar-refractivity contribution < 1.29 is 19.0 Å². The van der Waals surface area contributed by atoms with E-state index < -0.39 is 17.2 Å². The number of carbonyl (C=O) groups excluding carboxylic acids is 1. The Morgan fingerprint density at radius 2 is 2.00 bits per heavy atom. The van der Waals surface area contributed by atoms with Gasteiger partial charge in [0.05, 0.1) is 6.61 Å². The van der Waals surface area contributed by atoms with Crippen LogP contribution in [0.5, 0.6) is 11.5 Å². The fourth-order valence-electron chi connectivity index (χ4n) is 3.32. The molecule has 0 radical (unpaired) electrons. The molecule has 3 rings (SSSR count). The third-order valence-electron chi connectivity index (χ3n) is 4.80. The summed E-state index contributed by atoms with van der Waals surface area (Å²) < 4.78 is 17.4. The number of anilines is 2. The Bertz CT molecular complexity index is 1120. The molecule has 0 spiro atoms. The standard InChI is InChI=1S/C22H28N4O6/c1-14(2)13-26-20(23)19(21(28)24-22(26)29)25(8-9-30-3)18(27)7-5-15-4-6-16-17(12-15)32-11-10-31-16/h4-7,12,14H,8-11,13,23H2,1-3H3,(H,24,28,29)/b7-5+. The van der Waals surface area contributed by atoms with Gasteiger partial charge in [-0.25, -0.2) is 4.79 Å². The van der Waals surface area contributed by atoms with Crippen LogP contribution in [0.15, 0.2) is 33.9 Å². The number of hydrogen-bond donors (Lipinski definition) is 2. The summed E-state index contributed by atoms with van der Waals surface area (Å²) in [6, 6.07) is 5.33. The number of hydrogen-bond acceptors (Lipinski definition) is 7. The zero-order chi connectivity index (χ0) is 23.3. The molecule has 0 atom stereocenters. The third-order valence-corrected chi connectivity index (χ3v) is 4.80. The minimum absolute atomic E-state index is 0.0652. The Morgan fingerprint density at radius 3 is 2.69 bits per heavy atom. The van der Waals surface area contributed by atoms with E-state index in [0.717, 1.165) is 5.56 Å². The molecule has 10 heteroatoms. The molecule has 0 bridgehead atoms. The van der Waals surface area contributed by atoms with Crippen LogP contribution in [0.3, 0.4) is 0 Å². The van der Waals surface area contributed by atoms with E-state index in [-0.39, 0.29) is 30.6 Å². The fourth-order valence-corrected chi connectivity index (χ4v) is 3.32. The molecular weight excluding hydrogens is 416 g/mol. The Balaban J connectivity index is 1.94. The number of methoxy groups -OCH3 is 1. The van der Waals surface area contributed by atoms with E-state index in [4.69, 9.17) is 19.9 Å².